The van der Waals surface area contributed by atoms with Crippen molar-refractivity contribution in [3.8, 4) is 5.88 Å². The van der Waals surface area contributed by atoms with E-state index < -0.39 is 18.1 Å². The van der Waals surface area contributed by atoms with Gasteiger partial charge in [0.1, 0.15) is 0 Å². The second-order valence-corrected chi connectivity index (χ2v) is 8.45. The predicted molar refractivity (Wildman–Crippen MR) is 144 cm³/mol. The number of alkyl halides is 3. The Hall–Kier alpha value is -5.17. The summed E-state index contributed by atoms with van der Waals surface area (Å²) in [7, 11) is 1.35. The third-order valence-corrected chi connectivity index (χ3v) is 5.59. The molecule has 0 bridgehead atoms. The number of primary amides is 1. The monoisotopic (exact) mass is 570 g/mol. The summed E-state index contributed by atoms with van der Waals surface area (Å²) >= 11 is 0. The lowest BCUT2D eigenvalue weighted by Gasteiger charge is -2.09. The standard InChI is InChI=1S/C26H24N4O4.C2HF3O2/c1-34-22(31)15-28-14-16-7-10-19(11-8-16)29-24(17-5-3-2-4-6-17)23-20-12-9-18(25(27)32)13-21(20)30-26(23)33;3-2(4,5)1(6)7/h2-13,28,30,33H,14-15H2,1H3,(H2,27,32);(H,6,7). The van der Waals surface area contributed by atoms with Gasteiger partial charge in [-0.1, -0.05) is 48.5 Å². The fourth-order valence-electron chi connectivity index (χ4n) is 3.64. The number of amides is 1. The summed E-state index contributed by atoms with van der Waals surface area (Å²) in [5.74, 6) is -3.68. The molecule has 0 spiro atoms. The molecule has 3 aromatic carbocycles. The molecule has 0 unspecified atom stereocenters. The number of ether oxygens (including phenoxy) is 1. The van der Waals surface area contributed by atoms with Crippen LogP contribution in [-0.4, -0.2) is 58.6 Å². The number of aromatic hydroxyl groups is 1. The number of nitrogens with one attached hydrogen (secondary N) is 2. The van der Waals surface area contributed by atoms with Crippen LogP contribution in [0.2, 0.25) is 0 Å². The zero-order chi connectivity index (χ0) is 30.2. The van der Waals surface area contributed by atoms with Gasteiger partial charge in [-0.3, -0.25) is 9.59 Å². The largest absolute Gasteiger partial charge is 0.494 e. The highest BCUT2D eigenvalue weighted by Crippen LogP contribution is 2.32. The molecule has 0 saturated heterocycles. The van der Waals surface area contributed by atoms with Crippen molar-refractivity contribution in [3.63, 3.8) is 0 Å². The average Bonchev–Trinajstić information content (AvgIpc) is 3.27. The van der Waals surface area contributed by atoms with E-state index in [4.69, 9.17) is 20.6 Å². The number of carboxylic acids is 1. The molecule has 0 aliphatic rings. The number of rotatable bonds is 8. The fraction of sp³-hybridized carbons (Fsp3) is 0.143. The molecule has 0 aliphatic heterocycles. The van der Waals surface area contributed by atoms with Crippen LogP contribution in [0.3, 0.4) is 0 Å². The molecule has 41 heavy (non-hydrogen) atoms. The molecular weight excluding hydrogens is 545 g/mol. The number of benzene rings is 3. The van der Waals surface area contributed by atoms with Crippen molar-refractivity contribution in [3.05, 3.63) is 95.1 Å². The Balaban J connectivity index is 0.000000587. The van der Waals surface area contributed by atoms with Crippen molar-refractivity contribution in [1.82, 2.24) is 10.3 Å². The Morgan fingerprint density at radius 3 is 2.20 bits per heavy atom. The van der Waals surface area contributed by atoms with E-state index in [1.54, 1.807) is 18.2 Å². The van der Waals surface area contributed by atoms with Gasteiger partial charge in [-0.15, -0.1) is 0 Å². The number of aliphatic imine (C=N–C) groups is 1. The second kappa shape index (κ2) is 13.3. The first kappa shape index (κ1) is 30.4. The number of carbonyl (C=O) groups is 3. The smallest absolute Gasteiger partial charge is 0.490 e. The van der Waals surface area contributed by atoms with Crippen LogP contribution in [-0.2, 0) is 20.9 Å². The van der Waals surface area contributed by atoms with Gasteiger partial charge in [0.05, 0.1) is 30.6 Å². The number of carboxylic acid groups (broad SMARTS) is 1. The number of aliphatic carboxylic acids is 1. The number of fused-ring (bicyclic) bond motifs is 1. The minimum Gasteiger partial charge on any atom is -0.494 e. The number of esters is 1. The molecule has 4 aromatic rings. The summed E-state index contributed by atoms with van der Waals surface area (Å²) in [6, 6.07) is 22.1. The Labute approximate surface area is 231 Å². The molecule has 1 heterocycles. The van der Waals surface area contributed by atoms with Crippen LogP contribution >= 0.6 is 0 Å². The molecule has 1 aromatic heterocycles. The highest BCUT2D eigenvalue weighted by Gasteiger charge is 2.38. The number of hydrogen-bond donors (Lipinski definition) is 5. The van der Waals surface area contributed by atoms with Gasteiger partial charge in [0.2, 0.25) is 5.91 Å². The van der Waals surface area contributed by atoms with Crippen molar-refractivity contribution in [2.45, 2.75) is 12.7 Å². The maximum Gasteiger partial charge on any atom is 0.490 e. The van der Waals surface area contributed by atoms with E-state index in [2.05, 4.69) is 15.0 Å². The van der Waals surface area contributed by atoms with E-state index in [0.29, 0.717) is 40.0 Å². The second-order valence-electron chi connectivity index (χ2n) is 8.45. The van der Waals surface area contributed by atoms with E-state index in [9.17, 15) is 27.9 Å². The first-order chi connectivity index (χ1) is 19.4. The number of halogens is 3. The van der Waals surface area contributed by atoms with Crippen LogP contribution in [0, 0.1) is 0 Å². The summed E-state index contributed by atoms with van der Waals surface area (Å²) in [5, 5.41) is 21.6. The van der Waals surface area contributed by atoms with E-state index in [-0.39, 0.29) is 18.4 Å². The molecule has 0 saturated carbocycles. The predicted octanol–water partition coefficient (Wildman–Crippen LogP) is 4.04. The Kier molecular flexibility index (Phi) is 9.82. The van der Waals surface area contributed by atoms with Gasteiger partial charge in [-0.05, 0) is 29.8 Å². The van der Waals surface area contributed by atoms with E-state index in [0.717, 1.165) is 11.1 Å². The number of aromatic amines is 1. The van der Waals surface area contributed by atoms with Gasteiger partial charge in [0, 0.05) is 28.6 Å². The first-order valence-electron chi connectivity index (χ1n) is 11.9. The van der Waals surface area contributed by atoms with Gasteiger partial charge >= 0.3 is 18.1 Å². The van der Waals surface area contributed by atoms with Crippen molar-refractivity contribution in [2.75, 3.05) is 13.7 Å². The first-order valence-corrected chi connectivity index (χ1v) is 11.9. The third kappa shape index (κ3) is 8.16. The highest BCUT2D eigenvalue weighted by atomic mass is 19.4. The van der Waals surface area contributed by atoms with E-state index >= 15 is 0 Å². The molecular formula is C28H25F3N4O6. The van der Waals surface area contributed by atoms with E-state index in [1.165, 1.54) is 7.11 Å². The lowest BCUT2D eigenvalue weighted by molar-refractivity contribution is -0.192. The molecule has 0 radical (unpaired) electrons. The zero-order valence-electron chi connectivity index (χ0n) is 21.5. The highest BCUT2D eigenvalue weighted by molar-refractivity contribution is 6.22. The molecule has 1 amide bonds. The minimum absolute atomic E-state index is 0.0529. The van der Waals surface area contributed by atoms with Crippen molar-refractivity contribution in [2.24, 2.45) is 10.7 Å². The number of aromatic nitrogens is 1. The summed E-state index contributed by atoms with van der Waals surface area (Å²) in [6.07, 6.45) is -5.08. The van der Waals surface area contributed by atoms with Crippen molar-refractivity contribution >= 4 is 40.1 Å². The summed E-state index contributed by atoms with van der Waals surface area (Å²) in [4.78, 5) is 39.5. The molecule has 0 aliphatic carbocycles. The van der Waals surface area contributed by atoms with Gasteiger partial charge < -0.3 is 31.0 Å². The quantitative estimate of drug-likeness (QED) is 0.157. The minimum atomic E-state index is -5.08. The fourth-order valence-corrected chi connectivity index (χ4v) is 3.64. The SMILES string of the molecule is COC(=O)CNCc1ccc(N=C(c2ccccc2)c2c(O)[nH]c3cc(C(N)=O)ccc23)cc1.O=C(O)C(F)(F)F. The molecule has 10 nitrogen and oxygen atoms in total. The van der Waals surface area contributed by atoms with Crippen LogP contribution in [0.5, 0.6) is 5.88 Å². The van der Waals surface area contributed by atoms with Crippen LogP contribution in [0.4, 0.5) is 18.9 Å². The normalized spacial score (nSPS) is 11.5. The van der Waals surface area contributed by atoms with Gasteiger partial charge in [0.25, 0.3) is 0 Å². The zero-order valence-corrected chi connectivity index (χ0v) is 21.5. The Morgan fingerprint density at radius 1 is 1.00 bits per heavy atom. The lowest BCUT2D eigenvalue weighted by atomic mass is 10.00. The van der Waals surface area contributed by atoms with Gasteiger partial charge in [0.15, 0.2) is 5.88 Å². The molecule has 6 N–H and O–H groups in total. The van der Waals surface area contributed by atoms with Crippen LogP contribution in [0.15, 0.2) is 77.8 Å². The molecule has 0 fully saturated rings. The maximum absolute atomic E-state index is 11.6. The summed E-state index contributed by atoms with van der Waals surface area (Å²) in [5.41, 5.74) is 9.93. The number of carbonyl (C=O) groups excluding carboxylic acids is 2. The van der Waals surface area contributed by atoms with Crippen molar-refractivity contribution in [1.29, 1.82) is 0 Å². The molecule has 0 atom stereocenters. The Bertz CT molecular complexity index is 1570. The maximum atomic E-state index is 11.6. The summed E-state index contributed by atoms with van der Waals surface area (Å²) in [6.45, 7) is 0.641. The average molecular weight is 571 g/mol. The summed E-state index contributed by atoms with van der Waals surface area (Å²) < 4.78 is 36.4. The van der Waals surface area contributed by atoms with Crippen molar-refractivity contribution < 1.29 is 42.5 Å². The number of methoxy groups -OCH3 is 1. The van der Waals surface area contributed by atoms with Crippen LogP contribution in [0.25, 0.3) is 10.9 Å². The number of hydrogen-bond acceptors (Lipinski definition) is 7. The molecule has 214 valence electrons. The molecule has 13 heteroatoms. The van der Waals surface area contributed by atoms with Gasteiger partial charge in [-0.2, -0.15) is 13.2 Å². The number of nitrogens with zero attached hydrogens (tertiary/aromatic N) is 1. The van der Waals surface area contributed by atoms with E-state index in [1.807, 2.05) is 54.6 Å². The number of nitrogens with two attached hydrogens (primary N) is 1. The van der Waals surface area contributed by atoms with Crippen LogP contribution < -0.4 is 11.1 Å². The van der Waals surface area contributed by atoms with Gasteiger partial charge in [-0.25, -0.2) is 9.79 Å². The van der Waals surface area contributed by atoms with Crippen LogP contribution in [0.1, 0.15) is 27.0 Å². The lowest BCUT2D eigenvalue weighted by Crippen LogP contribution is -2.23. The molecule has 4 rings (SSSR count). The topological polar surface area (TPSA) is 167 Å². The Morgan fingerprint density at radius 2 is 1.63 bits per heavy atom. The number of H-pyrrole nitrogens is 1. The third-order valence-electron chi connectivity index (χ3n) is 5.59.